The van der Waals surface area contributed by atoms with E-state index in [1.807, 2.05) is 6.08 Å². The van der Waals surface area contributed by atoms with E-state index in [0.29, 0.717) is 0 Å². The van der Waals surface area contributed by atoms with Crippen LogP contribution in [-0.4, -0.2) is 32.4 Å². The summed E-state index contributed by atoms with van der Waals surface area (Å²) in [5.41, 5.74) is -1.45. The number of hydrogen-bond donors (Lipinski definition) is 0. The lowest BCUT2D eigenvalue weighted by molar-refractivity contribution is -0.168. The number of hydrogen-bond acceptors (Lipinski definition) is 5. The van der Waals surface area contributed by atoms with Gasteiger partial charge in [0.15, 0.2) is 5.41 Å². The maximum absolute atomic E-state index is 12.1. The first-order chi connectivity index (χ1) is 10.1. The van der Waals surface area contributed by atoms with Crippen LogP contribution in [0.25, 0.3) is 0 Å². The average Bonchev–Trinajstić information content (AvgIpc) is 3.27. The van der Waals surface area contributed by atoms with Gasteiger partial charge in [0.2, 0.25) is 0 Å². The van der Waals surface area contributed by atoms with E-state index in [-0.39, 0.29) is 24.7 Å². The highest BCUT2D eigenvalue weighted by Crippen LogP contribution is 2.38. The molecule has 0 amide bonds. The molecule has 1 saturated carbocycles. The molecule has 0 aromatic carbocycles. The van der Waals surface area contributed by atoms with Crippen LogP contribution in [0.2, 0.25) is 0 Å². The van der Waals surface area contributed by atoms with Crippen molar-refractivity contribution >= 4 is 18.2 Å². The van der Waals surface area contributed by atoms with E-state index >= 15 is 0 Å². The molecule has 0 saturated heterocycles. The van der Waals surface area contributed by atoms with Crippen LogP contribution in [0.5, 0.6) is 0 Å². The Balaban J connectivity index is 2.91. The van der Waals surface area contributed by atoms with Gasteiger partial charge in [-0.15, -0.1) is 11.8 Å². The minimum Gasteiger partial charge on any atom is -0.468 e. The van der Waals surface area contributed by atoms with Crippen molar-refractivity contribution in [3.63, 3.8) is 0 Å². The van der Waals surface area contributed by atoms with Crippen molar-refractivity contribution in [1.29, 1.82) is 0 Å². The van der Waals surface area contributed by atoms with Crippen molar-refractivity contribution in [1.82, 2.24) is 0 Å². The van der Waals surface area contributed by atoms with E-state index in [4.69, 9.17) is 9.47 Å². The molecular weight excluding hydrogens is 272 g/mol. The lowest BCUT2D eigenvalue weighted by atomic mass is 9.81. The average molecular weight is 292 g/mol. The maximum atomic E-state index is 12.1. The predicted molar refractivity (Wildman–Crippen MR) is 76.0 cm³/mol. The topological polar surface area (TPSA) is 69.7 Å². The summed E-state index contributed by atoms with van der Waals surface area (Å²) in [5.74, 6) is 4.36. The number of aldehydes is 1. The lowest BCUT2D eigenvalue weighted by Gasteiger charge is -2.24. The molecule has 1 fully saturated rings. The molecule has 5 heteroatoms. The van der Waals surface area contributed by atoms with Crippen molar-refractivity contribution in [3.05, 3.63) is 12.2 Å². The predicted octanol–water partition coefficient (Wildman–Crippen LogP) is 1.51. The zero-order valence-electron chi connectivity index (χ0n) is 12.5. The Hall–Kier alpha value is -2.09. The Morgan fingerprint density at radius 3 is 2.29 bits per heavy atom. The van der Waals surface area contributed by atoms with Crippen molar-refractivity contribution in [2.75, 3.05) is 14.2 Å². The van der Waals surface area contributed by atoms with Gasteiger partial charge < -0.3 is 14.3 Å². The fraction of sp³-hybridized carbons (Fsp3) is 0.562. The molecule has 0 unspecified atom stereocenters. The lowest BCUT2D eigenvalue weighted by Crippen LogP contribution is -2.40. The molecule has 0 aromatic heterocycles. The molecule has 1 rings (SSSR count). The summed E-state index contributed by atoms with van der Waals surface area (Å²) < 4.78 is 9.51. The van der Waals surface area contributed by atoms with Gasteiger partial charge in [-0.2, -0.15) is 0 Å². The van der Waals surface area contributed by atoms with Crippen LogP contribution >= 0.6 is 0 Å². The van der Waals surface area contributed by atoms with Crippen molar-refractivity contribution < 1.29 is 23.9 Å². The zero-order valence-corrected chi connectivity index (χ0v) is 12.5. The molecule has 21 heavy (non-hydrogen) atoms. The van der Waals surface area contributed by atoms with Crippen LogP contribution in [0.1, 0.15) is 26.2 Å². The second-order valence-corrected chi connectivity index (χ2v) is 5.00. The molecule has 0 heterocycles. The van der Waals surface area contributed by atoms with Gasteiger partial charge in [-0.05, 0) is 25.7 Å². The van der Waals surface area contributed by atoms with E-state index in [1.54, 1.807) is 13.0 Å². The molecule has 5 nitrogen and oxygen atoms in total. The monoisotopic (exact) mass is 292 g/mol. The van der Waals surface area contributed by atoms with Gasteiger partial charge in [-0.25, -0.2) is 0 Å². The van der Waals surface area contributed by atoms with Gasteiger partial charge in [0.1, 0.15) is 6.29 Å². The third-order valence-corrected chi connectivity index (χ3v) is 3.63. The van der Waals surface area contributed by atoms with Gasteiger partial charge in [-0.3, -0.25) is 9.59 Å². The first kappa shape index (κ1) is 17.0. The van der Waals surface area contributed by atoms with Crippen LogP contribution in [0, 0.1) is 29.1 Å². The summed E-state index contributed by atoms with van der Waals surface area (Å²) in [6.07, 6.45) is 5.51. The Bertz CT molecular complexity index is 479. The van der Waals surface area contributed by atoms with Gasteiger partial charge in [0, 0.05) is 12.3 Å². The zero-order chi connectivity index (χ0) is 15.9. The standard InChI is InChI=1S/C16H20O5/c1-4-5-8-16(14(18)20-2,15(19)21-3)9-6-7-12-10-13(12)11-17/h6-7,11-13H,8-10H2,1-3H3/b7-6+/t12-,13-/m0/s1. The molecule has 114 valence electrons. The fourth-order valence-corrected chi connectivity index (χ4v) is 2.15. The summed E-state index contributed by atoms with van der Waals surface area (Å²) in [7, 11) is 2.46. The minimum atomic E-state index is -1.45. The highest BCUT2D eigenvalue weighted by Gasteiger charge is 2.47. The number of carbonyl (C=O) groups excluding carboxylic acids is 3. The normalized spacial score (nSPS) is 20.3. The van der Waals surface area contributed by atoms with E-state index in [0.717, 1.165) is 12.7 Å². The molecule has 2 atom stereocenters. The Labute approximate surface area is 124 Å². The summed E-state index contributed by atoms with van der Waals surface area (Å²) in [5, 5.41) is 0. The number of rotatable bonds is 7. The first-order valence-electron chi connectivity index (χ1n) is 6.74. The highest BCUT2D eigenvalue weighted by atomic mass is 16.5. The largest absolute Gasteiger partial charge is 0.468 e. The summed E-state index contributed by atoms with van der Waals surface area (Å²) >= 11 is 0. The Kier molecular flexibility index (Phi) is 6.16. The maximum Gasteiger partial charge on any atom is 0.324 e. The van der Waals surface area contributed by atoms with Crippen LogP contribution in [-0.2, 0) is 23.9 Å². The molecule has 0 radical (unpaired) electrons. The van der Waals surface area contributed by atoms with Gasteiger partial charge in [-0.1, -0.05) is 12.2 Å². The first-order valence-corrected chi connectivity index (χ1v) is 6.74. The highest BCUT2D eigenvalue weighted by molar-refractivity contribution is 6.00. The SMILES string of the molecule is CC#CCC(C/C=C/[C@H]1C[C@H]1C=O)(C(=O)OC)C(=O)OC. The van der Waals surface area contributed by atoms with Crippen LogP contribution in [0.4, 0.5) is 0 Å². The van der Waals surface area contributed by atoms with Gasteiger partial charge in [0.25, 0.3) is 0 Å². The fourth-order valence-electron chi connectivity index (χ4n) is 2.15. The van der Waals surface area contributed by atoms with E-state index in [1.165, 1.54) is 14.2 Å². The summed E-state index contributed by atoms with van der Waals surface area (Å²) in [6, 6.07) is 0. The Morgan fingerprint density at radius 1 is 1.24 bits per heavy atom. The molecular formula is C16H20O5. The summed E-state index contributed by atoms with van der Waals surface area (Å²) in [4.78, 5) is 34.7. The van der Waals surface area contributed by atoms with Crippen molar-refractivity contribution in [2.24, 2.45) is 17.3 Å². The summed E-state index contributed by atoms with van der Waals surface area (Å²) in [6.45, 7) is 1.63. The van der Waals surface area contributed by atoms with Gasteiger partial charge >= 0.3 is 11.9 Å². The number of ether oxygens (including phenoxy) is 2. The van der Waals surface area contributed by atoms with E-state index in [2.05, 4.69) is 11.8 Å². The van der Waals surface area contributed by atoms with E-state index in [9.17, 15) is 14.4 Å². The van der Waals surface area contributed by atoms with Crippen LogP contribution < -0.4 is 0 Å². The quantitative estimate of drug-likeness (QED) is 0.234. The van der Waals surface area contributed by atoms with Gasteiger partial charge in [0.05, 0.1) is 14.2 Å². The second kappa shape index (κ2) is 7.63. The van der Waals surface area contributed by atoms with Crippen molar-refractivity contribution in [3.8, 4) is 11.8 Å². The molecule has 0 aromatic rings. The molecule has 0 bridgehead atoms. The second-order valence-electron chi connectivity index (χ2n) is 5.00. The van der Waals surface area contributed by atoms with Crippen LogP contribution in [0.15, 0.2) is 12.2 Å². The molecule has 1 aliphatic carbocycles. The van der Waals surface area contributed by atoms with E-state index < -0.39 is 17.4 Å². The number of esters is 2. The third kappa shape index (κ3) is 3.94. The molecule has 0 aliphatic heterocycles. The Morgan fingerprint density at radius 2 is 1.86 bits per heavy atom. The van der Waals surface area contributed by atoms with Crippen molar-refractivity contribution in [2.45, 2.75) is 26.2 Å². The molecule has 1 aliphatic rings. The smallest absolute Gasteiger partial charge is 0.324 e. The number of carbonyl (C=O) groups is 3. The third-order valence-electron chi connectivity index (χ3n) is 3.63. The minimum absolute atomic E-state index is 0.0367. The number of allylic oxidation sites excluding steroid dienone is 2. The number of methoxy groups -OCH3 is 2. The van der Waals surface area contributed by atoms with Crippen LogP contribution in [0.3, 0.4) is 0 Å². The molecule has 0 N–H and O–H groups in total. The molecule has 0 spiro atoms.